The van der Waals surface area contributed by atoms with Crippen LogP contribution in [-0.2, 0) is 0 Å². The predicted octanol–water partition coefficient (Wildman–Crippen LogP) is 3.96. The summed E-state index contributed by atoms with van der Waals surface area (Å²) in [5.74, 6) is 0.667. The Morgan fingerprint density at radius 2 is 1.80 bits per heavy atom. The van der Waals surface area contributed by atoms with E-state index in [2.05, 4.69) is 14.9 Å². The number of rotatable bonds is 2. The number of carbonyl (C=O) groups excluding carboxylic acids is 1. The Kier molecular flexibility index (Phi) is 4.50. The lowest BCUT2D eigenvalue weighted by Crippen LogP contribution is -2.49. The third-order valence-electron chi connectivity index (χ3n) is 4.19. The van der Waals surface area contributed by atoms with Gasteiger partial charge in [0, 0.05) is 53.7 Å². The van der Waals surface area contributed by atoms with Crippen molar-refractivity contribution in [1.82, 2.24) is 14.9 Å². The van der Waals surface area contributed by atoms with Gasteiger partial charge in [-0.2, -0.15) is 0 Å². The van der Waals surface area contributed by atoms with Gasteiger partial charge in [-0.05, 0) is 18.2 Å². The number of aromatic nitrogens is 2. The molecule has 3 heterocycles. The van der Waals surface area contributed by atoms with Gasteiger partial charge in [0.2, 0.25) is 5.95 Å². The molecule has 2 aromatic heterocycles. The number of fused-ring (bicyclic) bond motifs is 1. The Labute approximate surface area is 158 Å². The minimum Gasteiger partial charge on any atom is -0.337 e. The van der Waals surface area contributed by atoms with Crippen LogP contribution in [0.2, 0.25) is 10.0 Å². The second kappa shape index (κ2) is 6.78. The molecule has 1 amide bonds. The summed E-state index contributed by atoms with van der Waals surface area (Å²) in [5.41, 5.74) is 0. The first-order valence-electron chi connectivity index (χ1n) is 7.82. The van der Waals surface area contributed by atoms with E-state index in [1.54, 1.807) is 24.5 Å². The average Bonchev–Trinajstić information content (AvgIpc) is 2.98. The summed E-state index contributed by atoms with van der Waals surface area (Å²) in [6.07, 6.45) is 3.45. The van der Waals surface area contributed by atoms with Gasteiger partial charge in [-0.3, -0.25) is 4.79 Å². The van der Waals surface area contributed by atoms with Crippen molar-refractivity contribution in [2.45, 2.75) is 0 Å². The second-order valence-corrected chi connectivity index (χ2v) is 7.58. The molecular weight excluding hydrogens is 379 g/mol. The van der Waals surface area contributed by atoms with Gasteiger partial charge in [-0.25, -0.2) is 9.97 Å². The molecule has 0 bridgehead atoms. The van der Waals surface area contributed by atoms with Crippen LogP contribution in [0.25, 0.3) is 10.1 Å². The van der Waals surface area contributed by atoms with Gasteiger partial charge in [-0.1, -0.05) is 29.3 Å². The van der Waals surface area contributed by atoms with Crippen LogP contribution in [0.1, 0.15) is 9.67 Å². The zero-order valence-electron chi connectivity index (χ0n) is 13.2. The highest BCUT2D eigenvalue weighted by atomic mass is 35.5. The van der Waals surface area contributed by atoms with E-state index >= 15 is 0 Å². The molecule has 1 fully saturated rings. The van der Waals surface area contributed by atoms with Gasteiger partial charge in [0.05, 0.1) is 5.02 Å². The molecule has 128 valence electrons. The summed E-state index contributed by atoms with van der Waals surface area (Å²) in [6, 6.07) is 7.28. The SMILES string of the molecule is O=C(c1sc2cc(Cl)ccc2c1Cl)N1CCN(c2ncccn2)CC1. The van der Waals surface area contributed by atoms with Crippen LogP contribution < -0.4 is 4.90 Å². The maximum Gasteiger partial charge on any atom is 0.265 e. The van der Waals surface area contributed by atoms with Gasteiger partial charge in [-0.15, -0.1) is 11.3 Å². The fourth-order valence-electron chi connectivity index (χ4n) is 2.88. The molecule has 1 aromatic carbocycles. The fraction of sp³-hybridized carbons (Fsp3) is 0.235. The van der Waals surface area contributed by atoms with Crippen LogP contribution in [0, 0.1) is 0 Å². The summed E-state index contributed by atoms with van der Waals surface area (Å²) < 4.78 is 0.928. The van der Waals surface area contributed by atoms with Crippen molar-refractivity contribution in [3.63, 3.8) is 0 Å². The number of hydrogen-bond donors (Lipinski definition) is 0. The highest BCUT2D eigenvalue weighted by Gasteiger charge is 2.26. The summed E-state index contributed by atoms with van der Waals surface area (Å²) >= 11 is 13.9. The van der Waals surface area contributed by atoms with Crippen LogP contribution in [0.3, 0.4) is 0 Å². The molecule has 0 radical (unpaired) electrons. The zero-order valence-corrected chi connectivity index (χ0v) is 15.5. The molecule has 0 N–H and O–H groups in total. The molecule has 4 rings (SSSR count). The van der Waals surface area contributed by atoms with E-state index in [4.69, 9.17) is 23.2 Å². The first kappa shape index (κ1) is 16.6. The smallest absolute Gasteiger partial charge is 0.265 e. The molecule has 3 aromatic rings. The summed E-state index contributed by atoms with van der Waals surface area (Å²) in [7, 11) is 0. The Bertz CT molecular complexity index is 923. The Balaban J connectivity index is 1.52. The lowest BCUT2D eigenvalue weighted by molar-refractivity contribution is 0.0751. The highest BCUT2D eigenvalue weighted by Crippen LogP contribution is 2.37. The monoisotopic (exact) mass is 392 g/mol. The Hall–Kier alpha value is -1.89. The third-order valence-corrected chi connectivity index (χ3v) is 6.07. The van der Waals surface area contributed by atoms with Crippen LogP contribution in [0.15, 0.2) is 36.7 Å². The minimum atomic E-state index is -0.0315. The number of hydrogen-bond acceptors (Lipinski definition) is 5. The van der Waals surface area contributed by atoms with Crippen LogP contribution in [0.4, 0.5) is 5.95 Å². The molecule has 5 nitrogen and oxygen atoms in total. The van der Waals surface area contributed by atoms with Gasteiger partial charge >= 0.3 is 0 Å². The van der Waals surface area contributed by atoms with Crippen molar-refractivity contribution in [3.8, 4) is 0 Å². The third kappa shape index (κ3) is 3.17. The van der Waals surface area contributed by atoms with E-state index < -0.39 is 0 Å². The number of amides is 1. The summed E-state index contributed by atoms with van der Waals surface area (Å²) in [6.45, 7) is 2.62. The van der Waals surface area contributed by atoms with Gasteiger partial charge < -0.3 is 9.80 Å². The maximum absolute atomic E-state index is 12.9. The lowest BCUT2D eigenvalue weighted by atomic mass is 10.2. The summed E-state index contributed by atoms with van der Waals surface area (Å²) in [4.78, 5) is 25.9. The first-order valence-corrected chi connectivity index (χ1v) is 9.39. The number of piperazine rings is 1. The Morgan fingerprint density at radius 1 is 1.08 bits per heavy atom. The van der Waals surface area contributed by atoms with E-state index in [9.17, 15) is 4.79 Å². The van der Waals surface area contributed by atoms with Gasteiger partial charge in [0.15, 0.2) is 0 Å². The van der Waals surface area contributed by atoms with E-state index in [-0.39, 0.29) is 5.91 Å². The summed E-state index contributed by atoms with van der Waals surface area (Å²) in [5, 5.41) is 2.02. The van der Waals surface area contributed by atoms with Crippen molar-refractivity contribution in [3.05, 3.63) is 51.6 Å². The normalized spacial score (nSPS) is 15.0. The molecular formula is C17H14Cl2N4OS. The molecule has 8 heteroatoms. The van der Waals surface area contributed by atoms with E-state index in [0.29, 0.717) is 47.0 Å². The second-order valence-electron chi connectivity index (χ2n) is 5.71. The molecule has 1 saturated heterocycles. The fourth-order valence-corrected chi connectivity index (χ4v) is 4.64. The number of anilines is 1. The first-order chi connectivity index (χ1) is 12.1. The van der Waals surface area contributed by atoms with E-state index in [1.807, 2.05) is 17.0 Å². The van der Waals surface area contributed by atoms with Crippen molar-refractivity contribution >= 4 is 56.5 Å². The van der Waals surface area contributed by atoms with Crippen LogP contribution >= 0.6 is 34.5 Å². The molecule has 25 heavy (non-hydrogen) atoms. The minimum absolute atomic E-state index is 0.0315. The molecule has 0 spiro atoms. The van der Waals surface area contributed by atoms with Crippen molar-refractivity contribution in [2.75, 3.05) is 31.1 Å². The predicted molar refractivity (Wildman–Crippen MR) is 102 cm³/mol. The van der Waals surface area contributed by atoms with Crippen molar-refractivity contribution < 1.29 is 4.79 Å². The number of thiophene rings is 1. The van der Waals surface area contributed by atoms with Gasteiger partial charge in [0.1, 0.15) is 4.88 Å². The molecule has 1 aliphatic heterocycles. The average molecular weight is 393 g/mol. The highest BCUT2D eigenvalue weighted by molar-refractivity contribution is 7.21. The number of benzene rings is 1. The quantitative estimate of drug-likeness (QED) is 0.661. The zero-order chi connectivity index (χ0) is 17.4. The number of nitrogens with zero attached hydrogens (tertiary/aromatic N) is 4. The number of carbonyl (C=O) groups is 1. The number of halogens is 2. The molecule has 1 aliphatic rings. The van der Waals surface area contributed by atoms with E-state index in [1.165, 1.54) is 11.3 Å². The Morgan fingerprint density at radius 3 is 2.52 bits per heavy atom. The van der Waals surface area contributed by atoms with Gasteiger partial charge in [0.25, 0.3) is 5.91 Å². The standard InChI is InChI=1S/C17H14Cl2N4OS/c18-11-2-3-12-13(10-11)25-15(14(12)19)16(24)22-6-8-23(9-7-22)17-20-4-1-5-21-17/h1-5,10H,6-9H2. The van der Waals surface area contributed by atoms with Crippen molar-refractivity contribution in [2.24, 2.45) is 0 Å². The topological polar surface area (TPSA) is 49.3 Å². The molecule has 0 aliphatic carbocycles. The van der Waals surface area contributed by atoms with Crippen LogP contribution in [0.5, 0.6) is 0 Å². The van der Waals surface area contributed by atoms with Crippen LogP contribution in [-0.4, -0.2) is 47.0 Å². The maximum atomic E-state index is 12.9. The molecule has 0 saturated carbocycles. The van der Waals surface area contributed by atoms with E-state index in [0.717, 1.165) is 10.1 Å². The van der Waals surface area contributed by atoms with Crippen molar-refractivity contribution in [1.29, 1.82) is 0 Å². The lowest BCUT2D eigenvalue weighted by Gasteiger charge is -2.34. The molecule has 0 unspecified atom stereocenters. The largest absolute Gasteiger partial charge is 0.337 e. The molecule has 0 atom stereocenters.